The van der Waals surface area contributed by atoms with Crippen LogP contribution in [0.1, 0.15) is 32.1 Å². The van der Waals surface area contributed by atoms with Gasteiger partial charge in [-0.05, 0) is 30.9 Å². The molecule has 3 nitrogen and oxygen atoms in total. The van der Waals surface area contributed by atoms with Crippen LogP contribution in [0.5, 0.6) is 0 Å². The molecule has 0 amide bonds. The number of aromatic nitrogens is 1. The summed E-state index contributed by atoms with van der Waals surface area (Å²) in [5.74, 6) is 2.75. The molecule has 1 saturated carbocycles. The fourth-order valence-electron chi connectivity index (χ4n) is 2.31. The highest BCUT2D eigenvalue weighted by atomic mass is 15.0. The smallest absolute Gasteiger partial charge is 0.128 e. The molecule has 1 aliphatic rings. The summed E-state index contributed by atoms with van der Waals surface area (Å²) >= 11 is 0. The molecule has 0 bridgehead atoms. The molecule has 2 N–H and O–H groups in total. The van der Waals surface area contributed by atoms with Gasteiger partial charge in [-0.3, -0.25) is 0 Å². The van der Waals surface area contributed by atoms with Crippen LogP contribution in [0.4, 0.5) is 11.6 Å². The number of anilines is 2. The average molecular weight is 219 g/mol. The zero-order valence-electron chi connectivity index (χ0n) is 10.00. The highest BCUT2D eigenvalue weighted by Crippen LogP contribution is 2.23. The van der Waals surface area contributed by atoms with Gasteiger partial charge in [0.15, 0.2) is 0 Å². The Morgan fingerprint density at radius 2 is 1.94 bits per heavy atom. The maximum atomic E-state index is 4.45. The molecule has 2 rings (SSSR count). The fraction of sp³-hybridized carbons (Fsp3) is 0.615. The first kappa shape index (κ1) is 11.2. The van der Waals surface area contributed by atoms with E-state index in [0.717, 1.165) is 24.1 Å². The van der Waals surface area contributed by atoms with Crippen molar-refractivity contribution in [3.63, 3.8) is 0 Å². The van der Waals surface area contributed by atoms with Crippen molar-refractivity contribution in [3.8, 4) is 0 Å². The highest BCUT2D eigenvalue weighted by molar-refractivity contribution is 5.44. The second kappa shape index (κ2) is 5.73. The molecular formula is C13H21N3. The maximum Gasteiger partial charge on any atom is 0.128 e. The molecule has 0 atom stereocenters. The van der Waals surface area contributed by atoms with E-state index in [1.807, 2.05) is 25.2 Å². The summed E-state index contributed by atoms with van der Waals surface area (Å²) in [6.07, 6.45) is 6.97. The first-order chi connectivity index (χ1) is 7.88. The van der Waals surface area contributed by atoms with Gasteiger partial charge in [-0.15, -0.1) is 0 Å². The first-order valence-electron chi connectivity index (χ1n) is 6.27. The SMILES string of the molecule is CNc1cccc(NCC2CCCCC2)n1. The fourth-order valence-corrected chi connectivity index (χ4v) is 2.31. The molecular weight excluding hydrogens is 198 g/mol. The van der Waals surface area contributed by atoms with Gasteiger partial charge in [0.05, 0.1) is 0 Å². The van der Waals surface area contributed by atoms with E-state index in [2.05, 4.69) is 15.6 Å². The average Bonchev–Trinajstić information content (AvgIpc) is 2.38. The van der Waals surface area contributed by atoms with Crippen LogP contribution in [0.25, 0.3) is 0 Å². The molecule has 1 aromatic rings. The zero-order chi connectivity index (χ0) is 11.2. The molecule has 0 radical (unpaired) electrons. The van der Waals surface area contributed by atoms with Crippen LogP contribution in [-0.2, 0) is 0 Å². The van der Waals surface area contributed by atoms with Gasteiger partial charge in [0.25, 0.3) is 0 Å². The van der Waals surface area contributed by atoms with Crippen LogP contribution in [0.15, 0.2) is 18.2 Å². The predicted octanol–water partition coefficient (Wildman–Crippen LogP) is 3.12. The summed E-state index contributed by atoms with van der Waals surface area (Å²) in [6.45, 7) is 1.07. The Morgan fingerprint density at radius 1 is 1.19 bits per heavy atom. The zero-order valence-corrected chi connectivity index (χ0v) is 10.00. The molecule has 1 aliphatic carbocycles. The minimum Gasteiger partial charge on any atom is -0.373 e. The van der Waals surface area contributed by atoms with E-state index in [1.165, 1.54) is 32.1 Å². The van der Waals surface area contributed by atoms with E-state index in [0.29, 0.717) is 0 Å². The lowest BCUT2D eigenvalue weighted by molar-refractivity contribution is 0.373. The second-order valence-electron chi connectivity index (χ2n) is 4.54. The molecule has 0 aliphatic heterocycles. The molecule has 16 heavy (non-hydrogen) atoms. The van der Waals surface area contributed by atoms with Gasteiger partial charge in [-0.25, -0.2) is 4.98 Å². The maximum absolute atomic E-state index is 4.45. The number of nitrogens with one attached hydrogen (secondary N) is 2. The van der Waals surface area contributed by atoms with Gasteiger partial charge in [0.2, 0.25) is 0 Å². The number of pyridine rings is 1. The second-order valence-corrected chi connectivity index (χ2v) is 4.54. The molecule has 0 aromatic carbocycles. The summed E-state index contributed by atoms with van der Waals surface area (Å²) in [4.78, 5) is 4.45. The Labute approximate surface area is 97.7 Å². The van der Waals surface area contributed by atoms with Crippen molar-refractivity contribution in [3.05, 3.63) is 18.2 Å². The van der Waals surface area contributed by atoms with Gasteiger partial charge in [-0.1, -0.05) is 25.3 Å². The summed E-state index contributed by atoms with van der Waals surface area (Å²) in [5.41, 5.74) is 0. The Kier molecular flexibility index (Phi) is 4.03. The van der Waals surface area contributed by atoms with Crippen LogP contribution < -0.4 is 10.6 Å². The van der Waals surface area contributed by atoms with E-state index >= 15 is 0 Å². The normalized spacial score (nSPS) is 17.1. The third-order valence-electron chi connectivity index (χ3n) is 3.30. The van der Waals surface area contributed by atoms with Crippen molar-refractivity contribution in [1.82, 2.24) is 4.98 Å². The largest absolute Gasteiger partial charge is 0.373 e. The number of hydrogen-bond donors (Lipinski definition) is 2. The van der Waals surface area contributed by atoms with Crippen molar-refractivity contribution in [1.29, 1.82) is 0 Å². The van der Waals surface area contributed by atoms with Crippen molar-refractivity contribution in [2.45, 2.75) is 32.1 Å². The number of rotatable bonds is 4. The van der Waals surface area contributed by atoms with Crippen LogP contribution in [0.2, 0.25) is 0 Å². The summed E-state index contributed by atoms with van der Waals surface area (Å²) in [5, 5.41) is 6.49. The van der Waals surface area contributed by atoms with E-state index < -0.39 is 0 Å². The molecule has 88 valence electrons. The minimum atomic E-state index is 0.841. The van der Waals surface area contributed by atoms with Crippen molar-refractivity contribution in [2.24, 2.45) is 5.92 Å². The Bertz CT molecular complexity index is 319. The highest BCUT2D eigenvalue weighted by Gasteiger charge is 2.12. The Hall–Kier alpha value is -1.25. The summed E-state index contributed by atoms with van der Waals surface area (Å²) in [6, 6.07) is 6.04. The predicted molar refractivity (Wildman–Crippen MR) is 68.8 cm³/mol. The Morgan fingerprint density at radius 3 is 2.69 bits per heavy atom. The van der Waals surface area contributed by atoms with E-state index in [4.69, 9.17) is 0 Å². The minimum absolute atomic E-state index is 0.841. The number of hydrogen-bond acceptors (Lipinski definition) is 3. The standard InChI is InChI=1S/C13H21N3/c1-14-12-8-5-9-13(16-12)15-10-11-6-3-2-4-7-11/h5,8-9,11H,2-4,6-7,10H2,1H3,(H2,14,15,16). The van der Waals surface area contributed by atoms with Crippen molar-refractivity contribution >= 4 is 11.6 Å². The monoisotopic (exact) mass is 219 g/mol. The molecule has 3 heteroatoms. The number of nitrogens with zero attached hydrogens (tertiary/aromatic N) is 1. The molecule has 1 heterocycles. The van der Waals surface area contributed by atoms with Gasteiger partial charge in [0, 0.05) is 13.6 Å². The van der Waals surface area contributed by atoms with Gasteiger partial charge >= 0.3 is 0 Å². The summed E-state index contributed by atoms with van der Waals surface area (Å²) < 4.78 is 0. The van der Waals surface area contributed by atoms with Gasteiger partial charge in [-0.2, -0.15) is 0 Å². The van der Waals surface area contributed by atoms with Crippen LogP contribution in [0.3, 0.4) is 0 Å². The van der Waals surface area contributed by atoms with E-state index in [1.54, 1.807) is 0 Å². The van der Waals surface area contributed by atoms with E-state index in [-0.39, 0.29) is 0 Å². The van der Waals surface area contributed by atoms with E-state index in [9.17, 15) is 0 Å². The van der Waals surface area contributed by atoms with Crippen molar-refractivity contribution in [2.75, 3.05) is 24.2 Å². The first-order valence-corrected chi connectivity index (χ1v) is 6.27. The Balaban J connectivity index is 1.83. The van der Waals surface area contributed by atoms with Gasteiger partial charge in [0.1, 0.15) is 11.6 Å². The topological polar surface area (TPSA) is 37.0 Å². The lowest BCUT2D eigenvalue weighted by Crippen LogP contribution is -2.17. The molecule has 1 aromatic heterocycles. The lowest BCUT2D eigenvalue weighted by atomic mass is 9.89. The third kappa shape index (κ3) is 3.12. The quantitative estimate of drug-likeness (QED) is 0.817. The molecule has 0 spiro atoms. The molecule has 0 unspecified atom stereocenters. The van der Waals surface area contributed by atoms with Gasteiger partial charge < -0.3 is 10.6 Å². The molecule has 0 saturated heterocycles. The van der Waals surface area contributed by atoms with Crippen LogP contribution in [0, 0.1) is 5.92 Å². The van der Waals surface area contributed by atoms with Crippen molar-refractivity contribution < 1.29 is 0 Å². The van der Waals surface area contributed by atoms with Crippen LogP contribution in [-0.4, -0.2) is 18.6 Å². The lowest BCUT2D eigenvalue weighted by Gasteiger charge is -2.22. The summed E-state index contributed by atoms with van der Waals surface area (Å²) in [7, 11) is 1.90. The molecule has 1 fully saturated rings. The van der Waals surface area contributed by atoms with Crippen LogP contribution >= 0.6 is 0 Å². The third-order valence-corrected chi connectivity index (χ3v) is 3.30.